The van der Waals surface area contributed by atoms with Crippen molar-refractivity contribution in [1.29, 1.82) is 0 Å². The summed E-state index contributed by atoms with van der Waals surface area (Å²) in [5, 5.41) is 13.9. The summed E-state index contributed by atoms with van der Waals surface area (Å²) in [7, 11) is 1.51. The van der Waals surface area contributed by atoms with Crippen LogP contribution in [0.1, 0.15) is 28.6 Å². The second-order valence-corrected chi connectivity index (χ2v) is 9.14. The fraction of sp³-hybridized carbons (Fsp3) is 0.192. The van der Waals surface area contributed by atoms with Gasteiger partial charge in [0, 0.05) is 28.4 Å². The van der Waals surface area contributed by atoms with Crippen LogP contribution in [0.15, 0.2) is 87.5 Å². The standard InChI is InChI=1S/C26H22BrN3O5/c1-34-19-8-3-6-17-14-20(35-25(17)19)23(31)21-22(16-5-2-7-18(27)13-16)30(26(33)24(21)32)11-4-10-29-12-9-28-15-29/h2-3,5-9,12-15,22H,4,10-11H2,1H3,(H,31,32). The van der Waals surface area contributed by atoms with E-state index in [2.05, 4.69) is 20.9 Å². The quantitative estimate of drug-likeness (QED) is 0.275. The largest absolute Gasteiger partial charge is 0.868 e. The third kappa shape index (κ3) is 4.23. The Morgan fingerprint density at radius 1 is 1.26 bits per heavy atom. The molecule has 0 spiro atoms. The maximum Gasteiger partial charge on any atom is 0.241 e. The third-order valence-corrected chi connectivity index (χ3v) is 6.56. The lowest BCUT2D eigenvalue weighted by Gasteiger charge is -2.27. The van der Waals surface area contributed by atoms with Gasteiger partial charge in [0.05, 0.1) is 19.7 Å². The van der Waals surface area contributed by atoms with E-state index in [9.17, 15) is 14.7 Å². The number of furan rings is 1. The van der Waals surface area contributed by atoms with Gasteiger partial charge in [0.25, 0.3) is 0 Å². The van der Waals surface area contributed by atoms with Gasteiger partial charge in [-0.25, -0.2) is 4.57 Å². The smallest absolute Gasteiger partial charge is 0.241 e. The topological polar surface area (TPSA) is 102 Å². The zero-order valence-electron chi connectivity index (χ0n) is 18.9. The van der Waals surface area contributed by atoms with Crippen LogP contribution in [0.3, 0.4) is 0 Å². The van der Waals surface area contributed by atoms with E-state index >= 15 is 0 Å². The Kier molecular flexibility index (Phi) is 6.17. The zero-order chi connectivity index (χ0) is 24.5. The first kappa shape index (κ1) is 22.9. The monoisotopic (exact) mass is 535 g/mol. The number of Topliss-reactive ketones (excluding diaryl/α,β-unsaturated/α-hetero) is 1. The second-order valence-electron chi connectivity index (χ2n) is 8.22. The lowest BCUT2D eigenvalue weighted by molar-refractivity contribution is -0.695. The normalized spacial score (nSPS) is 15.9. The molecule has 3 heterocycles. The maximum atomic E-state index is 13.7. The minimum Gasteiger partial charge on any atom is -0.868 e. The number of para-hydroxylation sites is 1. The van der Waals surface area contributed by atoms with Crippen molar-refractivity contribution in [2.24, 2.45) is 0 Å². The van der Waals surface area contributed by atoms with E-state index in [1.165, 1.54) is 12.0 Å². The molecule has 0 fully saturated rings. The van der Waals surface area contributed by atoms with Crippen LogP contribution in [0.4, 0.5) is 0 Å². The number of methoxy groups -OCH3 is 1. The number of carbonyl (C=O) groups is 2. The molecule has 1 unspecified atom stereocenters. The Morgan fingerprint density at radius 2 is 2.09 bits per heavy atom. The Bertz CT molecular complexity index is 1440. The molecule has 1 aliphatic heterocycles. The number of H-pyrrole nitrogens is 1. The van der Waals surface area contributed by atoms with Crippen LogP contribution >= 0.6 is 15.9 Å². The summed E-state index contributed by atoms with van der Waals surface area (Å²) in [6.45, 7) is 0.962. The van der Waals surface area contributed by atoms with Gasteiger partial charge in [-0.2, -0.15) is 0 Å². The molecule has 35 heavy (non-hydrogen) atoms. The molecule has 0 aliphatic carbocycles. The Morgan fingerprint density at radius 3 is 2.83 bits per heavy atom. The van der Waals surface area contributed by atoms with Gasteiger partial charge < -0.3 is 19.2 Å². The first-order valence-electron chi connectivity index (χ1n) is 11.1. The van der Waals surface area contributed by atoms with Crippen LogP contribution < -0.4 is 14.4 Å². The van der Waals surface area contributed by atoms with Crippen LogP contribution in [-0.4, -0.2) is 35.2 Å². The predicted octanol–water partition coefficient (Wildman–Crippen LogP) is 3.29. The van der Waals surface area contributed by atoms with Gasteiger partial charge in [-0.15, -0.1) is 0 Å². The van der Waals surface area contributed by atoms with Crippen LogP contribution in [0.25, 0.3) is 11.0 Å². The number of aromatic nitrogens is 2. The molecular formula is C26H22BrN3O5. The number of amides is 1. The molecule has 5 rings (SSSR count). The number of hydrogen-bond donors (Lipinski definition) is 1. The van der Waals surface area contributed by atoms with Gasteiger partial charge in [-0.1, -0.05) is 40.2 Å². The second kappa shape index (κ2) is 9.42. The fourth-order valence-electron chi connectivity index (χ4n) is 4.45. The number of imidazole rings is 1. The van der Waals surface area contributed by atoms with E-state index in [-0.39, 0.29) is 11.3 Å². The van der Waals surface area contributed by atoms with E-state index in [4.69, 9.17) is 9.15 Å². The van der Waals surface area contributed by atoms with Crippen molar-refractivity contribution in [2.75, 3.05) is 13.7 Å². The Labute approximate surface area is 209 Å². The number of halogens is 1. The highest BCUT2D eigenvalue weighted by molar-refractivity contribution is 9.10. The lowest BCUT2D eigenvalue weighted by Crippen LogP contribution is -2.37. The molecule has 1 amide bonds. The molecule has 9 heteroatoms. The van der Waals surface area contributed by atoms with Gasteiger partial charge in [-0.3, -0.25) is 14.6 Å². The van der Waals surface area contributed by atoms with E-state index in [1.54, 1.807) is 24.3 Å². The number of aryl methyl sites for hydroxylation is 1. The van der Waals surface area contributed by atoms with Gasteiger partial charge in [0.2, 0.25) is 18.0 Å². The number of nitrogens with one attached hydrogen (secondary N) is 1. The molecule has 8 nitrogen and oxygen atoms in total. The molecule has 1 aliphatic rings. The van der Waals surface area contributed by atoms with Crippen molar-refractivity contribution in [1.82, 2.24) is 9.88 Å². The van der Waals surface area contributed by atoms with Crippen LogP contribution in [0, 0.1) is 0 Å². The number of fused-ring (bicyclic) bond motifs is 1. The van der Waals surface area contributed by atoms with Gasteiger partial charge in [-0.05, 0) is 35.6 Å². The molecule has 4 aromatic rings. The van der Waals surface area contributed by atoms with Crippen molar-refractivity contribution in [2.45, 2.75) is 19.0 Å². The van der Waals surface area contributed by atoms with Crippen molar-refractivity contribution in [3.05, 3.63) is 94.4 Å². The summed E-state index contributed by atoms with van der Waals surface area (Å²) < 4.78 is 13.9. The number of aromatic amines is 1. The molecule has 0 saturated carbocycles. The Hall–Kier alpha value is -3.85. The van der Waals surface area contributed by atoms with Crippen molar-refractivity contribution >= 4 is 38.6 Å². The van der Waals surface area contributed by atoms with Crippen molar-refractivity contribution in [3.63, 3.8) is 0 Å². The highest BCUT2D eigenvalue weighted by Crippen LogP contribution is 2.40. The fourth-order valence-corrected chi connectivity index (χ4v) is 4.87. The summed E-state index contributed by atoms with van der Waals surface area (Å²) >= 11 is 3.46. The van der Waals surface area contributed by atoms with E-state index in [0.29, 0.717) is 41.8 Å². The predicted molar refractivity (Wildman–Crippen MR) is 128 cm³/mol. The van der Waals surface area contributed by atoms with E-state index in [1.807, 2.05) is 47.6 Å². The molecule has 0 bridgehead atoms. The summed E-state index contributed by atoms with van der Waals surface area (Å²) in [5.41, 5.74) is 0.973. The summed E-state index contributed by atoms with van der Waals surface area (Å²) in [6, 6.07) is 13.4. The number of carbonyl (C=O) groups excluding carboxylic acids is 2. The van der Waals surface area contributed by atoms with Crippen molar-refractivity contribution < 1.29 is 28.4 Å². The van der Waals surface area contributed by atoms with Crippen LogP contribution in [0.2, 0.25) is 0 Å². The van der Waals surface area contributed by atoms with Gasteiger partial charge >= 0.3 is 0 Å². The average Bonchev–Trinajstić information content (AvgIpc) is 3.58. The number of benzene rings is 2. The van der Waals surface area contributed by atoms with E-state index < -0.39 is 23.5 Å². The minimum absolute atomic E-state index is 0.00891. The zero-order valence-corrected chi connectivity index (χ0v) is 20.4. The highest BCUT2D eigenvalue weighted by atomic mass is 79.9. The minimum atomic E-state index is -0.814. The number of rotatable bonds is 8. The summed E-state index contributed by atoms with van der Waals surface area (Å²) in [5.74, 6) is -1.62. The van der Waals surface area contributed by atoms with E-state index in [0.717, 1.165) is 4.47 Å². The third-order valence-electron chi connectivity index (χ3n) is 6.06. The lowest BCUT2D eigenvalue weighted by atomic mass is 9.95. The number of hydrogen-bond acceptors (Lipinski definition) is 5. The SMILES string of the molecule is COc1cccc2cc(C(=O)C3=C([O-])C(=O)N(CCC[n+]4cc[nH]c4)C3c3cccc(Br)c3)oc12. The summed E-state index contributed by atoms with van der Waals surface area (Å²) in [4.78, 5) is 31.2. The van der Waals surface area contributed by atoms with Crippen molar-refractivity contribution in [3.8, 4) is 5.75 Å². The molecule has 1 N–H and O–H groups in total. The number of ketones is 1. The molecule has 0 radical (unpaired) electrons. The summed E-state index contributed by atoms with van der Waals surface area (Å²) in [6.07, 6.45) is 6.12. The number of nitrogens with zero attached hydrogens (tertiary/aromatic N) is 2. The molecule has 2 aromatic carbocycles. The molecule has 2 aromatic heterocycles. The molecular weight excluding hydrogens is 514 g/mol. The first-order valence-corrected chi connectivity index (χ1v) is 11.9. The van der Waals surface area contributed by atoms with Crippen LogP contribution in [0.5, 0.6) is 5.75 Å². The average molecular weight is 536 g/mol. The maximum absolute atomic E-state index is 13.7. The molecule has 178 valence electrons. The van der Waals surface area contributed by atoms with Gasteiger partial charge in [0.15, 0.2) is 17.1 Å². The first-order chi connectivity index (χ1) is 17.0. The highest BCUT2D eigenvalue weighted by Gasteiger charge is 2.40. The number of ether oxygens (including phenoxy) is 1. The Balaban J connectivity index is 1.52. The van der Waals surface area contributed by atoms with Crippen LogP contribution in [-0.2, 0) is 11.3 Å². The van der Waals surface area contributed by atoms with Gasteiger partial charge in [0.1, 0.15) is 12.4 Å². The molecule has 1 atom stereocenters. The molecule has 0 saturated heterocycles.